The Hall–Kier alpha value is -1.69. The van der Waals surface area contributed by atoms with Gasteiger partial charge in [0, 0.05) is 0 Å². The van der Waals surface area contributed by atoms with Crippen molar-refractivity contribution in [2.45, 2.75) is 12.7 Å². The molecule has 0 saturated heterocycles. The molecule has 1 aromatic rings. The van der Waals surface area contributed by atoms with Crippen molar-refractivity contribution in [3.63, 3.8) is 0 Å². The predicted octanol–water partition coefficient (Wildman–Crippen LogP) is 1.14. The third-order valence-electron chi connectivity index (χ3n) is 1.97. The SMILES string of the molecule is CCOC(=O)C(=N)S(=O)(=O)Cc1ccccc1. The Morgan fingerprint density at radius 2 is 1.88 bits per heavy atom. The number of carbonyl (C=O) groups excluding carboxylic acids is 1. The normalized spacial score (nSPS) is 10.9. The number of ether oxygens (including phenoxy) is 1. The van der Waals surface area contributed by atoms with E-state index < -0.39 is 20.9 Å². The molecule has 0 saturated carbocycles. The number of hydrogen-bond acceptors (Lipinski definition) is 5. The van der Waals surface area contributed by atoms with Crippen LogP contribution >= 0.6 is 0 Å². The molecule has 1 aromatic carbocycles. The van der Waals surface area contributed by atoms with Gasteiger partial charge in [0.2, 0.25) is 14.9 Å². The summed E-state index contributed by atoms with van der Waals surface area (Å²) in [4.78, 5) is 11.2. The largest absolute Gasteiger partial charge is 0.461 e. The molecule has 92 valence electrons. The zero-order valence-corrected chi connectivity index (χ0v) is 10.2. The molecule has 0 unspecified atom stereocenters. The molecular weight excluding hydrogens is 242 g/mol. The maximum absolute atomic E-state index is 11.7. The smallest absolute Gasteiger partial charge is 0.368 e. The summed E-state index contributed by atoms with van der Waals surface area (Å²) < 4.78 is 27.9. The maximum Gasteiger partial charge on any atom is 0.368 e. The average Bonchev–Trinajstić information content (AvgIpc) is 2.29. The molecule has 0 aliphatic rings. The van der Waals surface area contributed by atoms with E-state index in [0.29, 0.717) is 5.56 Å². The topological polar surface area (TPSA) is 84.3 Å². The van der Waals surface area contributed by atoms with Gasteiger partial charge in [0.15, 0.2) is 0 Å². The van der Waals surface area contributed by atoms with Crippen LogP contribution in [0.5, 0.6) is 0 Å². The fourth-order valence-corrected chi connectivity index (χ4v) is 2.28. The van der Waals surface area contributed by atoms with Crippen LogP contribution in [0.15, 0.2) is 30.3 Å². The van der Waals surface area contributed by atoms with Crippen LogP contribution in [0.4, 0.5) is 0 Å². The molecule has 0 amide bonds. The molecule has 5 nitrogen and oxygen atoms in total. The van der Waals surface area contributed by atoms with Gasteiger partial charge in [-0.15, -0.1) is 0 Å². The Morgan fingerprint density at radius 3 is 2.41 bits per heavy atom. The van der Waals surface area contributed by atoms with Gasteiger partial charge in [0.05, 0.1) is 12.4 Å². The van der Waals surface area contributed by atoms with Crippen LogP contribution in [0, 0.1) is 5.41 Å². The van der Waals surface area contributed by atoms with Crippen molar-refractivity contribution < 1.29 is 17.9 Å². The van der Waals surface area contributed by atoms with Crippen molar-refractivity contribution in [2.75, 3.05) is 6.61 Å². The van der Waals surface area contributed by atoms with Crippen LogP contribution < -0.4 is 0 Å². The number of sulfone groups is 1. The zero-order chi connectivity index (χ0) is 12.9. The quantitative estimate of drug-likeness (QED) is 0.498. The number of rotatable bonds is 3. The van der Waals surface area contributed by atoms with E-state index in [4.69, 9.17) is 5.41 Å². The second-order valence-electron chi connectivity index (χ2n) is 3.29. The van der Waals surface area contributed by atoms with Crippen LogP contribution in [0.25, 0.3) is 0 Å². The van der Waals surface area contributed by atoms with Gasteiger partial charge in [0.25, 0.3) is 0 Å². The monoisotopic (exact) mass is 255 g/mol. The number of esters is 1. The lowest BCUT2D eigenvalue weighted by molar-refractivity contribution is -0.134. The minimum absolute atomic E-state index is 0.0437. The Labute approximate surface area is 99.8 Å². The lowest BCUT2D eigenvalue weighted by atomic mass is 10.2. The summed E-state index contributed by atoms with van der Waals surface area (Å²) in [5, 5.41) is 6.29. The molecule has 0 aliphatic heterocycles. The van der Waals surface area contributed by atoms with Crippen LogP contribution in [0.3, 0.4) is 0 Å². The van der Waals surface area contributed by atoms with Crippen molar-refractivity contribution in [1.82, 2.24) is 0 Å². The molecule has 1 N–H and O–H groups in total. The summed E-state index contributed by atoms with van der Waals surface area (Å²) in [5.41, 5.74) is 0.529. The highest BCUT2D eigenvalue weighted by Gasteiger charge is 2.26. The van der Waals surface area contributed by atoms with Crippen molar-refractivity contribution in [2.24, 2.45) is 0 Å². The Kier molecular flexibility index (Phi) is 4.39. The molecular formula is C11H13NO4S. The Bertz CT molecular complexity index is 508. The first-order valence-electron chi connectivity index (χ1n) is 4.99. The third-order valence-corrected chi connectivity index (χ3v) is 3.47. The van der Waals surface area contributed by atoms with Crippen molar-refractivity contribution in [1.29, 1.82) is 5.41 Å². The average molecular weight is 255 g/mol. The van der Waals surface area contributed by atoms with E-state index in [2.05, 4.69) is 4.74 Å². The van der Waals surface area contributed by atoms with Crippen LogP contribution in [0.2, 0.25) is 0 Å². The Balaban J connectivity index is 2.83. The molecule has 0 bridgehead atoms. The highest BCUT2D eigenvalue weighted by Crippen LogP contribution is 2.07. The summed E-state index contributed by atoms with van der Waals surface area (Å²) in [6.45, 7) is 1.59. The molecule has 17 heavy (non-hydrogen) atoms. The Morgan fingerprint density at radius 1 is 1.29 bits per heavy atom. The fourth-order valence-electron chi connectivity index (χ4n) is 1.19. The number of carbonyl (C=O) groups is 1. The first kappa shape index (κ1) is 13.4. The van der Waals surface area contributed by atoms with E-state index >= 15 is 0 Å². The highest BCUT2D eigenvalue weighted by atomic mass is 32.2. The molecule has 0 atom stereocenters. The summed E-state index contributed by atoms with van der Waals surface area (Å²) in [5.74, 6) is -1.48. The van der Waals surface area contributed by atoms with Gasteiger partial charge in [-0.05, 0) is 12.5 Å². The van der Waals surface area contributed by atoms with E-state index in [9.17, 15) is 13.2 Å². The van der Waals surface area contributed by atoms with E-state index in [1.807, 2.05) is 0 Å². The second kappa shape index (κ2) is 5.58. The van der Waals surface area contributed by atoms with E-state index in [-0.39, 0.29) is 12.4 Å². The number of benzene rings is 1. The minimum atomic E-state index is -3.93. The third kappa shape index (κ3) is 3.67. The van der Waals surface area contributed by atoms with Crippen LogP contribution in [0.1, 0.15) is 12.5 Å². The lowest BCUT2D eigenvalue weighted by Gasteiger charge is -2.05. The molecule has 0 aliphatic carbocycles. The maximum atomic E-state index is 11.7. The minimum Gasteiger partial charge on any atom is -0.461 e. The van der Waals surface area contributed by atoms with Crippen molar-refractivity contribution >= 4 is 20.9 Å². The van der Waals surface area contributed by atoms with Gasteiger partial charge in [-0.1, -0.05) is 30.3 Å². The molecule has 6 heteroatoms. The molecule has 1 rings (SSSR count). The van der Waals surface area contributed by atoms with Gasteiger partial charge in [-0.25, -0.2) is 13.2 Å². The number of hydrogen-bond donors (Lipinski definition) is 1. The molecule has 0 spiro atoms. The highest BCUT2D eigenvalue weighted by molar-refractivity contribution is 8.07. The standard InChI is InChI=1S/C11H13NO4S/c1-2-16-11(13)10(12)17(14,15)8-9-6-4-3-5-7-9/h3-7,12H,2,8H2,1H3. The number of nitrogens with one attached hydrogen (secondary N) is 1. The van der Waals surface area contributed by atoms with Gasteiger partial charge >= 0.3 is 5.97 Å². The summed E-state index contributed by atoms with van der Waals surface area (Å²) in [6, 6.07) is 8.39. The van der Waals surface area contributed by atoms with E-state index in [1.54, 1.807) is 37.3 Å². The fraction of sp³-hybridized carbons (Fsp3) is 0.273. The van der Waals surface area contributed by atoms with Gasteiger partial charge in [-0.2, -0.15) is 0 Å². The van der Waals surface area contributed by atoms with Crippen LogP contribution in [-0.2, 0) is 25.1 Å². The van der Waals surface area contributed by atoms with Crippen LogP contribution in [-0.4, -0.2) is 26.0 Å². The second-order valence-corrected chi connectivity index (χ2v) is 5.22. The summed E-state index contributed by atoms with van der Waals surface area (Å²) in [6.07, 6.45) is 0. The van der Waals surface area contributed by atoms with E-state index in [1.165, 1.54) is 0 Å². The first-order chi connectivity index (χ1) is 7.97. The van der Waals surface area contributed by atoms with E-state index in [0.717, 1.165) is 0 Å². The first-order valence-corrected chi connectivity index (χ1v) is 6.65. The molecule has 0 aromatic heterocycles. The zero-order valence-electron chi connectivity index (χ0n) is 9.34. The van der Waals surface area contributed by atoms with Crippen molar-refractivity contribution in [3.05, 3.63) is 35.9 Å². The van der Waals surface area contributed by atoms with Crippen molar-refractivity contribution in [3.8, 4) is 0 Å². The predicted molar refractivity (Wildman–Crippen MR) is 63.4 cm³/mol. The summed E-state index contributed by atoms with van der Waals surface area (Å²) in [7, 11) is -3.93. The summed E-state index contributed by atoms with van der Waals surface area (Å²) >= 11 is 0. The van der Waals surface area contributed by atoms with Gasteiger partial charge < -0.3 is 4.74 Å². The molecule has 0 radical (unpaired) electrons. The van der Waals surface area contributed by atoms with Gasteiger partial charge in [-0.3, -0.25) is 5.41 Å². The molecule has 0 heterocycles. The molecule has 0 fully saturated rings. The lowest BCUT2D eigenvalue weighted by Crippen LogP contribution is -2.26. The van der Waals surface area contributed by atoms with Gasteiger partial charge in [0.1, 0.15) is 0 Å².